The van der Waals surface area contributed by atoms with Crippen molar-refractivity contribution in [3.05, 3.63) is 139 Å². The van der Waals surface area contributed by atoms with Gasteiger partial charge in [0, 0.05) is 12.2 Å². The van der Waals surface area contributed by atoms with E-state index in [0.717, 1.165) is 41.3 Å². The summed E-state index contributed by atoms with van der Waals surface area (Å²) < 4.78 is 0. The first-order valence-electron chi connectivity index (χ1n) is 14.0. The second-order valence-electron chi connectivity index (χ2n) is 10.0. The van der Waals surface area contributed by atoms with E-state index < -0.39 is 5.54 Å². The average Bonchev–Trinajstić information content (AvgIpc) is 3.50. The zero-order valence-corrected chi connectivity index (χ0v) is 24.3. The van der Waals surface area contributed by atoms with E-state index in [1.54, 1.807) is 0 Å². The molecule has 0 aromatic heterocycles. The summed E-state index contributed by atoms with van der Waals surface area (Å²) in [5.74, 6) is 1.40. The summed E-state index contributed by atoms with van der Waals surface area (Å²) in [7, 11) is 0. The van der Waals surface area contributed by atoms with Gasteiger partial charge < -0.3 is 11.1 Å². The smallest absolute Gasteiger partial charge is 0.133 e. The van der Waals surface area contributed by atoms with Gasteiger partial charge in [-0.1, -0.05) is 112 Å². The molecular formula is C36H47N3. The number of hydrogen-bond acceptors (Lipinski definition) is 2. The van der Waals surface area contributed by atoms with Crippen molar-refractivity contribution in [2.45, 2.75) is 58.4 Å². The van der Waals surface area contributed by atoms with Crippen LogP contribution >= 0.6 is 0 Å². The second-order valence-corrected chi connectivity index (χ2v) is 10.0. The molecule has 1 fully saturated rings. The van der Waals surface area contributed by atoms with Gasteiger partial charge in [-0.2, -0.15) is 0 Å². The van der Waals surface area contributed by atoms with E-state index in [1.807, 2.05) is 50.2 Å². The van der Waals surface area contributed by atoms with Gasteiger partial charge in [-0.05, 0) is 72.9 Å². The van der Waals surface area contributed by atoms with Crippen molar-refractivity contribution < 1.29 is 0 Å². The molecule has 1 aliphatic rings. The number of benzene rings is 3. The molecular weight excluding hydrogens is 474 g/mol. The molecule has 3 N–H and O–H groups in total. The molecule has 0 saturated heterocycles. The van der Waals surface area contributed by atoms with Crippen molar-refractivity contribution in [1.82, 2.24) is 5.32 Å². The van der Waals surface area contributed by atoms with Gasteiger partial charge >= 0.3 is 0 Å². The van der Waals surface area contributed by atoms with Crippen LogP contribution < -0.4 is 11.1 Å². The normalized spacial score (nSPS) is 13.4. The predicted octanol–water partition coefficient (Wildman–Crippen LogP) is 8.69. The topological polar surface area (TPSA) is 50.4 Å². The molecule has 0 aliphatic heterocycles. The number of aryl methyl sites for hydroxylation is 1. The number of aliphatic imine (C=N–C) groups is 1. The van der Waals surface area contributed by atoms with Gasteiger partial charge in [0.25, 0.3) is 0 Å². The summed E-state index contributed by atoms with van der Waals surface area (Å²) in [4.78, 5) is 4.74. The van der Waals surface area contributed by atoms with Crippen molar-refractivity contribution >= 4 is 11.5 Å². The Kier molecular flexibility index (Phi) is 13.0. The Morgan fingerprint density at radius 2 is 1.41 bits per heavy atom. The Hall–Kier alpha value is -3.85. The van der Waals surface area contributed by atoms with Gasteiger partial charge in [0.15, 0.2) is 0 Å². The van der Waals surface area contributed by atoms with Crippen LogP contribution in [0.3, 0.4) is 0 Å². The molecule has 39 heavy (non-hydrogen) atoms. The van der Waals surface area contributed by atoms with Gasteiger partial charge in [0.2, 0.25) is 0 Å². The van der Waals surface area contributed by atoms with Gasteiger partial charge in [-0.3, -0.25) is 4.99 Å². The summed E-state index contributed by atoms with van der Waals surface area (Å²) in [5.41, 5.74) is 12.1. The van der Waals surface area contributed by atoms with E-state index in [4.69, 9.17) is 10.7 Å². The lowest BCUT2D eigenvalue weighted by atomic mass is 9.78. The van der Waals surface area contributed by atoms with Crippen LogP contribution in [0, 0.1) is 5.92 Å². The molecule has 3 aromatic rings. The molecule has 206 valence electrons. The molecule has 1 saturated carbocycles. The Bertz CT molecular complexity index is 1140. The Morgan fingerprint density at radius 3 is 1.87 bits per heavy atom. The molecule has 0 unspecified atom stereocenters. The van der Waals surface area contributed by atoms with Crippen molar-refractivity contribution in [1.29, 1.82) is 0 Å². The minimum Gasteiger partial charge on any atom is -0.388 e. The fourth-order valence-corrected chi connectivity index (χ4v) is 5.07. The third-order valence-electron chi connectivity index (χ3n) is 7.11. The van der Waals surface area contributed by atoms with Crippen molar-refractivity contribution in [3.63, 3.8) is 0 Å². The third kappa shape index (κ3) is 8.85. The van der Waals surface area contributed by atoms with E-state index in [-0.39, 0.29) is 0 Å². The Labute approximate surface area is 237 Å². The van der Waals surface area contributed by atoms with Crippen LogP contribution in [-0.2, 0) is 12.0 Å². The minimum atomic E-state index is -0.624. The van der Waals surface area contributed by atoms with Gasteiger partial charge in [0.05, 0.1) is 5.84 Å². The SMILES string of the molecule is C=C.C=C(C)C(N=C(C)N)(c1ccccc1)c1ccccc1.C=C(NCC1CCCC1)c1cccc(CC)c1. The lowest BCUT2D eigenvalue weighted by Gasteiger charge is -2.32. The first-order chi connectivity index (χ1) is 18.9. The van der Waals surface area contributed by atoms with Gasteiger partial charge in [-0.25, -0.2) is 0 Å². The fourth-order valence-electron chi connectivity index (χ4n) is 5.07. The molecule has 0 bridgehead atoms. The number of nitrogens with zero attached hydrogens (tertiary/aromatic N) is 1. The summed E-state index contributed by atoms with van der Waals surface area (Å²) >= 11 is 0. The van der Waals surface area contributed by atoms with Crippen LogP contribution in [0.1, 0.15) is 68.7 Å². The molecule has 0 atom stereocenters. The molecule has 3 aromatic carbocycles. The highest BCUT2D eigenvalue weighted by molar-refractivity contribution is 5.79. The highest BCUT2D eigenvalue weighted by atomic mass is 14.9. The summed E-state index contributed by atoms with van der Waals surface area (Å²) in [6.07, 6.45) is 6.67. The van der Waals surface area contributed by atoms with Crippen LogP contribution in [0.5, 0.6) is 0 Å². The van der Waals surface area contributed by atoms with Crippen molar-refractivity contribution in [3.8, 4) is 0 Å². The Morgan fingerprint density at radius 1 is 0.872 bits per heavy atom. The number of rotatable bonds is 9. The van der Waals surface area contributed by atoms with Gasteiger partial charge in [-0.15, -0.1) is 13.2 Å². The largest absolute Gasteiger partial charge is 0.388 e. The molecule has 3 nitrogen and oxygen atoms in total. The quantitative estimate of drug-likeness (QED) is 0.168. The zero-order chi connectivity index (χ0) is 28.7. The van der Waals surface area contributed by atoms with E-state index in [9.17, 15) is 0 Å². The molecule has 0 radical (unpaired) electrons. The third-order valence-corrected chi connectivity index (χ3v) is 7.11. The molecule has 0 spiro atoms. The minimum absolute atomic E-state index is 0.542. The van der Waals surface area contributed by atoms with E-state index in [0.29, 0.717) is 5.84 Å². The van der Waals surface area contributed by atoms with E-state index in [1.165, 1.54) is 36.8 Å². The van der Waals surface area contributed by atoms with Crippen LogP contribution in [-0.4, -0.2) is 12.4 Å². The summed E-state index contributed by atoms with van der Waals surface area (Å²) in [5, 5.41) is 3.50. The van der Waals surface area contributed by atoms with Crippen LogP contribution in [0.15, 0.2) is 122 Å². The molecule has 3 heteroatoms. The van der Waals surface area contributed by atoms with Crippen LogP contribution in [0.25, 0.3) is 5.70 Å². The monoisotopic (exact) mass is 521 g/mol. The number of nitrogens with one attached hydrogen (secondary N) is 1. The maximum Gasteiger partial charge on any atom is 0.133 e. The molecule has 0 heterocycles. The Balaban J connectivity index is 0.000000260. The lowest BCUT2D eigenvalue weighted by Crippen LogP contribution is -2.29. The first-order valence-corrected chi connectivity index (χ1v) is 14.0. The maximum atomic E-state index is 5.90. The highest BCUT2D eigenvalue weighted by Crippen LogP contribution is 2.39. The number of nitrogens with two attached hydrogens (primary N) is 1. The van der Waals surface area contributed by atoms with Gasteiger partial charge in [0.1, 0.15) is 5.54 Å². The predicted molar refractivity (Wildman–Crippen MR) is 172 cm³/mol. The number of amidine groups is 1. The standard InChI is InChI=1S/C18H20N2.C16H23N.C2H4/c1-14(2)18(20-15(3)19,16-10-6-4-7-11-16)17-12-8-5-9-13-17;1-3-14-9-6-10-16(11-14)13(2)17-12-15-7-4-5-8-15;1-2/h4-13H,1H2,2-3H3,(H2,19,20);6,9-11,15,17H,2-5,7-8,12H2,1H3;1-2H2. The highest BCUT2D eigenvalue weighted by Gasteiger charge is 2.34. The molecule has 4 rings (SSSR count). The van der Waals surface area contributed by atoms with Crippen LogP contribution in [0.4, 0.5) is 0 Å². The zero-order valence-electron chi connectivity index (χ0n) is 24.3. The second kappa shape index (κ2) is 16.2. The summed E-state index contributed by atoms with van der Waals surface area (Å²) in [6.45, 7) is 21.4. The molecule has 0 amide bonds. The average molecular weight is 522 g/mol. The maximum absolute atomic E-state index is 5.90. The fraction of sp³-hybridized carbons (Fsp3) is 0.306. The number of hydrogen-bond donors (Lipinski definition) is 2. The summed E-state index contributed by atoms with van der Waals surface area (Å²) in [6, 6.07) is 29.0. The van der Waals surface area contributed by atoms with E-state index >= 15 is 0 Å². The van der Waals surface area contributed by atoms with E-state index in [2.05, 4.69) is 87.1 Å². The first kappa shape index (κ1) is 31.4. The van der Waals surface area contributed by atoms with Crippen LogP contribution in [0.2, 0.25) is 0 Å². The van der Waals surface area contributed by atoms with Crippen molar-refractivity contribution in [2.24, 2.45) is 16.6 Å². The molecule has 1 aliphatic carbocycles. The van der Waals surface area contributed by atoms with Crippen molar-refractivity contribution in [2.75, 3.05) is 6.54 Å². The lowest BCUT2D eigenvalue weighted by molar-refractivity contribution is 0.531.